The first-order chi connectivity index (χ1) is 9.00. The van der Waals surface area contributed by atoms with Crippen LogP contribution in [0.1, 0.15) is 18.9 Å². The van der Waals surface area contributed by atoms with Crippen LogP contribution in [0, 0.1) is 6.92 Å². The van der Waals surface area contributed by atoms with E-state index < -0.39 is 5.97 Å². The van der Waals surface area contributed by atoms with E-state index in [1.54, 1.807) is 6.08 Å². The van der Waals surface area contributed by atoms with Crippen molar-refractivity contribution in [3.63, 3.8) is 0 Å². The summed E-state index contributed by atoms with van der Waals surface area (Å²) in [5.74, 6) is -0.940. The number of carbonyl (C=O) groups excluding carboxylic acids is 1. The van der Waals surface area contributed by atoms with Crippen molar-refractivity contribution in [1.82, 2.24) is 5.32 Å². The molecule has 0 heterocycles. The lowest BCUT2D eigenvalue weighted by molar-refractivity contribution is -0.132. The zero-order valence-corrected chi connectivity index (χ0v) is 11.1. The molecule has 0 radical (unpaired) electrons. The third-order valence-corrected chi connectivity index (χ3v) is 2.61. The molecule has 2 amide bonds. The van der Waals surface area contributed by atoms with Crippen LogP contribution in [0.5, 0.6) is 0 Å². The van der Waals surface area contributed by atoms with Gasteiger partial charge in [0.1, 0.15) is 0 Å². The molecule has 0 spiro atoms. The Morgan fingerprint density at radius 1 is 1.32 bits per heavy atom. The van der Waals surface area contributed by atoms with Crippen molar-refractivity contribution in [3.8, 4) is 0 Å². The molecule has 5 heteroatoms. The molecule has 0 saturated carbocycles. The number of hydrogen-bond donors (Lipinski definition) is 3. The number of rotatable bonds is 5. The van der Waals surface area contributed by atoms with Crippen molar-refractivity contribution in [3.05, 3.63) is 41.5 Å². The Kier molecular flexibility index (Phi) is 5.60. The molecule has 3 N–H and O–H groups in total. The average molecular weight is 262 g/mol. The number of amides is 2. The normalized spacial score (nSPS) is 10.9. The second kappa shape index (κ2) is 7.20. The third kappa shape index (κ3) is 5.25. The lowest BCUT2D eigenvalue weighted by Crippen LogP contribution is -2.29. The number of hydrogen-bond acceptors (Lipinski definition) is 2. The Morgan fingerprint density at radius 2 is 2.00 bits per heavy atom. The fourth-order valence-corrected chi connectivity index (χ4v) is 1.44. The standard InChI is InChI=1S/C14H18N2O3/c1-10-6-3-4-8-12(10)16-14(19)15-9-5-7-11(2)13(17)18/h3-4,6-8H,5,9H2,1-2H3,(H,17,18)(H2,15,16,19)/b11-7+. The van der Waals surface area contributed by atoms with E-state index in [0.717, 1.165) is 11.3 Å². The largest absolute Gasteiger partial charge is 0.478 e. The third-order valence-electron chi connectivity index (χ3n) is 2.61. The summed E-state index contributed by atoms with van der Waals surface area (Å²) in [6.45, 7) is 3.83. The highest BCUT2D eigenvalue weighted by molar-refractivity contribution is 5.90. The number of aryl methyl sites for hydroxylation is 1. The molecule has 1 aromatic rings. The fraction of sp³-hybridized carbons (Fsp3) is 0.286. The number of carbonyl (C=O) groups is 2. The van der Waals surface area contributed by atoms with Gasteiger partial charge in [0.2, 0.25) is 0 Å². The molecule has 0 aliphatic carbocycles. The zero-order valence-electron chi connectivity index (χ0n) is 11.1. The fourth-order valence-electron chi connectivity index (χ4n) is 1.44. The molecule has 1 aromatic carbocycles. The van der Waals surface area contributed by atoms with Gasteiger partial charge in [-0.25, -0.2) is 9.59 Å². The lowest BCUT2D eigenvalue weighted by atomic mass is 10.2. The first kappa shape index (κ1) is 14.8. The summed E-state index contributed by atoms with van der Waals surface area (Å²) < 4.78 is 0. The number of carboxylic acids is 1. The van der Waals surface area contributed by atoms with E-state index >= 15 is 0 Å². The molecule has 0 aliphatic rings. The van der Waals surface area contributed by atoms with Crippen LogP contribution in [0.2, 0.25) is 0 Å². The van der Waals surface area contributed by atoms with Gasteiger partial charge in [0.25, 0.3) is 0 Å². The predicted molar refractivity (Wildman–Crippen MR) is 74.2 cm³/mol. The highest BCUT2D eigenvalue weighted by atomic mass is 16.4. The van der Waals surface area contributed by atoms with Crippen LogP contribution >= 0.6 is 0 Å². The molecular weight excluding hydrogens is 244 g/mol. The second-order valence-corrected chi connectivity index (χ2v) is 4.18. The maximum atomic E-state index is 11.6. The summed E-state index contributed by atoms with van der Waals surface area (Å²) in [6.07, 6.45) is 2.07. The van der Waals surface area contributed by atoms with Gasteiger partial charge in [-0.15, -0.1) is 0 Å². The van der Waals surface area contributed by atoms with E-state index in [2.05, 4.69) is 10.6 Å². The van der Waals surface area contributed by atoms with Crippen LogP contribution in [0.15, 0.2) is 35.9 Å². The summed E-state index contributed by atoms with van der Waals surface area (Å²) in [5.41, 5.74) is 2.03. The van der Waals surface area contributed by atoms with Crippen LogP contribution < -0.4 is 10.6 Å². The molecular formula is C14H18N2O3. The number of nitrogens with one attached hydrogen (secondary N) is 2. The van der Waals surface area contributed by atoms with Gasteiger partial charge < -0.3 is 15.7 Å². The van der Waals surface area contributed by atoms with Gasteiger partial charge in [-0.3, -0.25) is 0 Å². The Morgan fingerprint density at radius 3 is 2.63 bits per heavy atom. The first-order valence-corrected chi connectivity index (χ1v) is 6.01. The van der Waals surface area contributed by atoms with Crippen LogP contribution in [-0.4, -0.2) is 23.7 Å². The topological polar surface area (TPSA) is 78.4 Å². The number of aliphatic carboxylic acids is 1. The van der Waals surface area contributed by atoms with E-state index in [4.69, 9.17) is 5.11 Å². The molecule has 19 heavy (non-hydrogen) atoms. The molecule has 0 atom stereocenters. The van der Waals surface area contributed by atoms with E-state index in [0.29, 0.717) is 13.0 Å². The zero-order chi connectivity index (χ0) is 14.3. The Bertz CT molecular complexity index is 495. The van der Waals surface area contributed by atoms with Crippen molar-refractivity contribution in [2.24, 2.45) is 0 Å². The number of anilines is 1. The maximum Gasteiger partial charge on any atom is 0.330 e. The van der Waals surface area contributed by atoms with Gasteiger partial charge >= 0.3 is 12.0 Å². The lowest BCUT2D eigenvalue weighted by Gasteiger charge is -2.08. The van der Waals surface area contributed by atoms with Gasteiger partial charge in [-0.1, -0.05) is 24.3 Å². The number of carboxylic acid groups (broad SMARTS) is 1. The highest BCUT2D eigenvalue weighted by Gasteiger charge is 2.03. The van der Waals surface area contributed by atoms with E-state index in [1.807, 2.05) is 31.2 Å². The predicted octanol–water partition coefficient (Wildman–Crippen LogP) is 2.54. The molecule has 0 aliphatic heterocycles. The van der Waals surface area contributed by atoms with Gasteiger partial charge in [0.15, 0.2) is 0 Å². The molecule has 0 bridgehead atoms. The molecule has 5 nitrogen and oxygen atoms in total. The van der Waals surface area contributed by atoms with Crippen molar-refractivity contribution in [2.75, 3.05) is 11.9 Å². The minimum Gasteiger partial charge on any atom is -0.478 e. The first-order valence-electron chi connectivity index (χ1n) is 6.01. The Balaban J connectivity index is 2.35. The SMILES string of the molecule is C/C(=C\CCNC(=O)Nc1ccccc1C)C(=O)O. The van der Waals surface area contributed by atoms with Crippen molar-refractivity contribution < 1.29 is 14.7 Å². The second-order valence-electron chi connectivity index (χ2n) is 4.18. The van der Waals surface area contributed by atoms with Crippen LogP contribution in [0.3, 0.4) is 0 Å². The van der Waals surface area contributed by atoms with E-state index in [9.17, 15) is 9.59 Å². The monoisotopic (exact) mass is 262 g/mol. The van der Waals surface area contributed by atoms with Crippen LogP contribution in [0.4, 0.5) is 10.5 Å². The van der Waals surface area contributed by atoms with Crippen LogP contribution in [-0.2, 0) is 4.79 Å². The maximum absolute atomic E-state index is 11.6. The molecule has 102 valence electrons. The van der Waals surface area contributed by atoms with E-state index in [1.165, 1.54) is 6.92 Å². The van der Waals surface area contributed by atoms with Gasteiger partial charge in [0.05, 0.1) is 0 Å². The summed E-state index contributed by atoms with van der Waals surface area (Å²) >= 11 is 0. The van der Waals surface area contributed by atoms with E-state index in [-0.39, 0.29) is 11.6 Å². The summed E-state index contributed by atoms with van der Waals surface area (Å²) in [4.78, 5) is 22.1. The molecule has 0 aromatic heterocycles. The minimum absolute atomic E-state index is 0.279. The van der Waals surface area contributed by atoms with Crippen molar-refractivity contribution in [1.29, 1.82) is 0 Å². The quantitative estimate of drug-likeness (QED) is 0.563. The minimum atomic E-state index is -0.940. The number of urea groups is 1. The highest BCUT2D eigenvalue weighted by Crippen LogP contribution is 2.12. The van der Waals surface area contributed by atoms with Gasteiger partial charge in [-0.2, -0.15) is 0 Å². The average Bonchev–Trinajstić information content (AvgIpc) is 2.37. The summed E-state index contributed by atoms with van der Waals surface area (Å²) in [7, 11) is 0. The van der Waals surface area contributed by atoms with Gasteiger partial charge in [-0.05, 0) is 31.9 Å². The molecule has 0 saturated heterocycles. The van der Waals surface area contributed by atoms with Crippen molar-refractivity contribution >= 4 is 17.7 Å². The van der Waals surface area contributed by atoms with Crippen molar-refractivity contribution in [2.45, 2.75) is 20.3 Å². The molecule has 1 rings (SSSR count). The number of para-hydroxylation sites is 1. The van der Waals surface area contributed by atoms with Crippen LogP contribution in [0.25, 0.3) is 0 Å². The smallest absolute Gasteiger partial charge is 0.330 e. The Labute approximate surface area is 112 Å². The number of benzene rings is 1. The summed E-state index contributed by atoms with van der Waals surface area (Å²) in [6, 6.07) is 7.19. The summed E-state index contributed by atoms with van der Waals surface area (Å²) in [5, 5.41) is 14.0. The molecule has 0 fully saturated rings. The molecule has 0 unspecified atom stereocenters. The Hall–Kier alpha value is -2.30. The van der Waals surface area contributed by atoms with Gasteiger partial charge in [0, 0.05) is 17.8 Å².